The average Bonchev–Trinajstić information content (AvgIpc) is 2.63. The standard InChI is InChI=1S/C12H19N3/c1-6-12(4,5)13-7-11-8-14-15(9-11)10(2)3/h1,8-10,13H,7H2,2-5H3. The van der Waals surface area contributed by atoms with Crippen LogP contribution in [0.3, 0.4) is 0 Å². The number of hydrogen-bond donors (Lipinski definition) is 1. The largest absolute Gasteiger partial charge is 0.297 e. The third kappa shape index (κ3) is 3.41. The molecule has 3 heteroatoms. The molecule has 0 spiro atoms. The molecule has 1 aromatic rings. The van der Waals surface area contributed by atoms with Crippen LogP contribution < -0.4 is 5.32 Å². The summed E-state index contributed by atoms with van der Waals surface area (Å²) in [5.74, 6) is 2.70. The van der Waals surface area contributed by atoms with Gasteiger partial charge in [-0.1, -0.05) is 5.92 Å². The summed E-state index contributed by atoms with van der Waals surface area (Å²) in [6, 6.07) is 0.402. The Bertz CT molecular complexity index is 355. The van der Waals surface area contributed by atoms with Gasteiger partial charge >= 0.3 is 0 Å². The highest BCUT2D eigenvalue weighted by atomic mass is 15.3. The van der Waals surface area contributed by atoms with Gasteiger partial charge in [0.05, 0.1) is 11.7 Å². The Hall–Kier alpha value is -1.27. The number of hydrogen-bond acceptors (Lipinski definition) is 2. The van der Waals surface area contributed by atoms with Crippen LogP contribution in [-0.2, 0) is 6.54 Å². The topological polar surface area (TPSA) is 29.9 Å². The normalized spacial score (nSPS) is 11.7. The third-order valence-corrected chi connectivity index (χ3v) is 2.28. The fourth-order valence-corrected chi connectivity index (χ4v) is 1.13. The molecule has 0 amide bonds. The van der Waals surface area contributed by atoms with Crippen LogP contribution in [0.4, 0.5) is 0 Å². The fraction of sp³-hybridized carbons (Fsp3) is 0.583. The third-order valence-electron chi connectivity index (χ3n) is 2.28. The zero-order valence-electron chi connectivity index (χ0n) is 9.91. The van der Waals surface area contributed by atoms with Crippen molar-refractivity contribution >= 4 is 0 Å². The van der Waals surface area contributed by atoms with Gasteiger partial charge in [0, 0.05) is 24.3 Å². The fourth-order valence-electron chi connectivity index (χ4n) is 1.13. The second-order valence-corrected chi connectivity index (χ2v) is 4.55. The summed E-state index contributed by atoms with van der Waals surface area (Å²) in [7, 11) is 0. The van der Waals surface area contributed by atoms with Crippen molar-refractivity contribution in [1.82, 2.24) is 15.1 Å². The molecular weight excluding hydrogens is 186 g/mol. The van der Waals surface area contributed by atoms with Crippen molar-refractivity contribution in [3.63, 3.8) is 0 Å². The van der Waals surface area contributed by atoms with Gasteiger partial charge in [0.1, 0.15) is 0 Å². The molecule has 1 aromatic heterocycles. The van der Waals surface area contributed by atoms with E-state index in [0.29, 0.717) is 6.04 Å². The van der Waals surface area contributed by atoms with Gasteiger partial charge in [0.25, 0.3) is 0 Å². The summed E-state index contributed by atoms with van der Waals surface area (Å²) in [5.41, 5.74) is 0.895. The molecule has 1 heterocycles. The quantitative estimate of drug-likeness (QED) is 0.762. The molecule has 82 valence electrons. The van der Waals surface area contributed by atoms with Crippen LogP contribution in [0, 0.1) is 12.3 Å². The van der Waals surface area contributed by atoms with Crippen LogP contribution in [0.1, 0.15) is 39.3 Å². The summed E-state index contributed by atoms with van der Waals surface area (Å²) in [6.45, 7) is 8.94. The first-order chi connectivity index (χ1) is 6.94. The van der Waals surface area contributed by atoms with Crippen LogP contribution in [0.2, 0.25) is 0 Å². The van der Waals surface area contributed by atoms with Crippen molar-refractivity contribution in [2.45, 2.75) is 45.8 Å². The molecule has 0 aliphatic rings. The molecule has 1 rings (SSSR count). The van der Waals surface area contributed by atoms with Crippen LogP contribution in [0.5, 0.6) is 0 Å². The zero-order chi connectivity index (χ0) is 11.5. The van der Waals surface area contributed by atoms with Gasteiger partial charge in [-0.3, -0.25) is 10.00 Å². The molecule has 0 saturated heterocycles. The van der Waals surface area contributed by atoms with E-state index in [1.165, 1.54) is 0 Å². The van der Waals surface area contributed by atoms with Crippen LogP contribution in [0.25, 0.3) is 0 Å². The number of nitrogens with one attached hydrogen (secondary N) is 1. The highest BCUT2D eigenvalue weighted by molar-refractivity contribution is 5.10. The Morgan fingerprint density at radius 3 is 2.73 bits per heavy atom. The molecular formula is C12H19N3. The van der Waals surface area contributed by atoms with Crippen LogP contribution >= 0.6 is 0 Å². The maximum Gasteiger partial charge on any atom is 0.0743 e. The van der Waals surface area contributed by atoms with E-state index in [0.717, 1.165) is 12.1 Å². The second kappa shape index (κ2) is 4.50. The summed E-state index contributed by atoms with van der Waals surface area (Å²) < 4.78 is 1.94. The molecule has 3 nitrogen and oxygen atoms in total. The lowest BCUT2D eigenvalue weighted by atomic mass is 10.1. The first-order valence-corrected chi connectivity index (χ1v) is 5.20. The summed E-state index contributed by atoms with van der Waals surface area (Å²) in [5, 5.41) is 7.55. The Labute approximate surface area is 91.9 Å². The van der Waals surface area contributed by atoms with Crippen molar-refractivity contribution in [1.29, 1.82) is 0 Å². The molecule has 0 unspecified atom stereocenters. The maximum absolute atomic E-state index is 5.39. The van der Waals surface area contributed by atoms with Crippen molar-refractivity contribution in [3.8, 4) is 12.3 Å². The summed E-state index contributed by atoms with van der Waals surface area (Å²) in [6.07, 6.45) is 9.31. The molecule has 0 aromatic carbocycles. The highest BCUT2D eigenvalue weighted by Gasteiger charge is 2.12. The van der Waals surface area contributed by atoms with Crippen LogP contribution in [-0.4, -0.2) is 15.3 Å². The van der Waals surface area contributed by atoms with E-state index in [1.54, 1.807) is 0 Å². The minimum Gasteiger partial charge on any atom is -0.297 e. The number of rotatable bonds is 4. The Morgan fingerprint density at radius 1 is 1.60 bits per heavy atom. The maximum atomic E-state index is 5.39. The number of aromatic nitrogens is 2. The number of nitrogens with zero attached hydrogens (tertiary/aromatic N) is 2. The molecule has 0 bridgehead atoms. The molecule has 0 atom stereocenters. The van der Waals surface area contributed by atoms with E-state index in [2.05, 4.69) is 30.2 Å². The van der Waals surface area contributed by atoms with E-state index in [-0.39, 0.29) is 5.54 Å². The lowest BCUT2D eigenvalue weighted by molar-refractivity contribution is 0.489. The molecule has 0 fully saturated rings. The minimum atomic E-state index is -0.264. The van der Waals surface area contributed by atoms with Gasteiger partial charge in [-0.25, -0.2) is 0 Å². The molecule has 15 heavy (non-hydrogen) atoms. The first kappa shape index (κ1) is 11.8. The lowest BCUT2D eigenvalue weighted by Gasteiger charge is -2.18. The average molecular weight is 205 g/mol. The van der Waals surface area contributed by atoms with Gasteiger partial charge < -0.3 is 0 Å². The Balaban J connectivity index is 2.56. The van der Waals surface area contributed by atoms with Gasteiger partial charge in [-0.15, -0.1) is 6.42 Å². The smallest absolute Gasteiger partial charge is 0.0743 e. The van der Waals surface area contributed by atoms with Gasteiger partial charge in [-0.2, -0.15) is 5.10 Å². The van der Waals surface area contributed by atoms with E-state index in [9.17, 15) is 0 Å². The van der Waals surface area contributed by atoms with Gasteiger partial charge in [0.15, 0.2) is 0 Å². The van der Waals surface area contributed by atoms with Gasteiger partial charge in [0.2, 0.25) is 0 Å². The molecule has 0 aliphatic heterocycles. The Kier molecular flexibility index (Phi) is 3.54. The summed E-state index contributed by atoms with van der Waals surface area (Å²) in [4.78, 5) is 0. The molecule has 0 saturated carbocycles. The van der Waals surface area contributed by atoms with Gasteiger partial charge in [-0.05, 0) is 27.7 Å². The van der Waals surface area contributed by atoms with Crippen LogP contribution in [0.15, 0.2) is 12.4 Å². The van der Waals surface area contributed by atoms with E-state index in [1.807, 2.05) is 30.9 Å². The lowest BCUT2D eigenvalue weighted by Crippen LogP contribution is -2.36. The highest BCUT2D eigenvalue weighted by Crippen LogP contribution is 2.07. The first-order valence-electron chi connectivity index (χ1n) is 5.20. The molecule has 0 aliphatic carbocycles. The monoisotopic (exact) mass is 205 g/mol. The second-order valence-electron chi connectivity index (χ2n) is 4.55. The number of terminal acetylenes is 1. The SMILES string of the molecule is C#CC(C)(C)NCc1cnn(C(C)C)c1. The zero-order valence-corrected chi connectivity index (χ0v) is 9.91. The predicted molar refractivity (Wildman–Crippen MR) is 62.4 cm³/mol. The van der Waals surface area contributed by atoms with E-state index in [4.69, 9.17) is 6.42 Å². The minimum absolute atomic E-state index is 0.264. The summed E-state index contributed by atoms with van der Waals surface area (Å²) >= 11 is 0. The van der Waals surface area contributed by atoms with E-state index >= 15 is 0 Å². The molecule has 1 N–H and O–H groups in total. The Morgan fingerprint density at radius 2 is 2.27 bits per heavy atom. The van der Waals surface area contributed by atoms with Crippen molar-refractivity contribution in [3.05, 3.63) is 18.0 Å². The predicted octanol–water partition coefficient (Wildman–Crippen LogP) is 1.97. The van der Waals surface area contributed by atoms with E-state index < -0.39 is 0 Å². The molecule has 0 radical (unpaired) electrons. The van der Waals surface area contributed by atoms with Crippen molar-refractivity contribution in [2.75, 3.05) is 0 Å². The van der Waals surface area contributed by atoms with Crippen molar-refractivity contribution in [2.24, 2.45) is 0 Å². The van der Waals surface area contributed by atoms with Crippen molar-refractivity contribution < 1.29 is 0 Å².